The van der Waals surface area contributed by atoms with Gasteiger partial charge in [0.25, 0.3) is 11.8 Å². The van der Waals surface area contributed by atoms with E-state index in [1.165, 1.54) is 6.20 Å². The van der Waals surface area contributed by atoms with Crippen LogP contribution in [0.25, 0.3) is 0 Å². The van der Waals surface area contributed by atoms with Crippen LogP contribution in [0.3, 0.4) is 0 Å². The molecule has 1 atom stereocenters. The quantitative estimate of drug-likeness (QED) is 0.659. The predicted molar refractivity (Wildman–Crippen MR) is 106 cm³/mol. The Bertz CT molecular complexity index is 866. The summed E-state index contributed by atoms with van der Waals surface area (Å²) in [5.41, 5.74) is 1.21. The smallest absolute Gasteiger partial charge is 0.308 e. The molecule has 3 rings (SSSR count). The zero-order valence-corrected chi connectivity index (χ0v) is 15.8. The van der Waals surface area contributed by atoms with E-state index in [-0.39, 0.29) is 24.3 Å². The van der Waals surface area contributed by atoms with Gasteiger partial charge in [0, 0.05) is 43.4 Å². The van der Waals surface area contributed by atoms with E-state index in [1.807, 2.05) is 0 Å². The Morgan fingerprint density at radius 2 is 1.86 bits per heavy atom. The van der Waals surface area contributed by atoms with Gasteiger partial charge in [0.15, 0.2) is 0 Å². The zero-order chi connectivity index (χ0) is 20.6. The molecule has 1 saturated heterocycles. The molecule has 1 aromatic heterocycles. The van der Waals surface area contributed by atoms with Crippen molar-refractivity contribution in [3.8, 4) is 0 Å². The van der Waals surface area contributed by atoms with Crippen molar-refractivity contribution in [2.24, 2.45) is 11.8 Å². The minimum absolute atomic E-state index is 0.0216. The van der Waals surface area contributed by atoms with Gasteiger partial charge < -0.3 is 20.5 Å². The van der Waals surface area contributed by atoms with Gasteiger partial charge in [-0.1, -0.05) is 6.07 Å². The number of benzene rings is 1. The summed E-state index contributed by atoms with van der Waals surface area (Å²) in [7, 11) is 0. The summed E-state index contributed by atoms with van der Waals surface area (Å²) >= 11 is 0. The first-order valence-electron chi connectivity index (χ1n) is 9.45. The summed E-state index contributed by atoms with van der Waals surface area (Å²) in [5, 5.41) is 14.9. The lowest BCUT2D eigenvalue weighted by atomic mass is 9.86. The van der Waals surface area contributed by atoms with E-state index in [9.17, 15) is 19.5 Å². The molecular formula is C21H23N3O5. The number of nitrogens with zero attached hydrogens (tertiary/aromatic N) is 1. The van der Waals surface area contributed by atoms with Crippen molar-refractivity contribution in [2.45, 2.75) is 12.8 Å². The van der Waals surface area contributed by atoms with E-state index < -0.39 is 11.9 Å². The third-order valence-corrected chi connectivity index (χ3v) is 4.94. The lowest BCUT2D eigenvalue weighted by Crippen LogP contribution is -2.39. The Morgan fingerprint density at radius 1 is 1.10 bits per heavy atom. The third-order valence-electron chi connectivity index (χ3n) is 4.94. The van der Waals surface area contributed by atoms with Crippen molar-refractivity contribution in [1.82, 2.24) is 10.3 Å². The van der Waals surface area contributed by atoms with Crippen LogP contribution in [0.2, 0.25) is 0 Å². The summed E-state index contributed by atoms with van der Waals surface area (Å²) in [4.78, 5) is 40.3. The summed E-state index contributed by atoms with van der Waals surface area (Å²) in [6, 6.07) is 9.79. The molecule has 2 heterocycles. The van der Waals surface area contributed by atoms with Crippen LogP contribution >= 0.6 is 0 Å². The van der Waals surface area contributed by atoms with Gasteiger partial charge in [-0.15, -0.1) is 0 Å². The van der Waals surface area contributed by atoms with Crippen LogP contribution in [0.5, 0.6) is 0 Å². The fraction of sp³-hybridized carbons (Fsp3) is 0.333. The number of ether oxygens (including phenoxy) is 1. The number of anilines is 1. The minimum Gasteiger partial charge on any atom is -0.481 e. The van der Waals surface area contributed by atoms with Crippen LogP contribution < -0.4 is 10.6 Å². The molecule has 0 saturated carbocycles. The predicted octanol–water partition coefficient (Wildman–Crippen LogP) is 2.19. The van der Waals surface area contributed by atoms with Crippen molar-refractivity contribution < 1.29 is 24.2 Å². The summed E-state index contributed by atoms with van der Waals surface area (Å²) < 4.78 is 5.28. The molecule has 152 valence electrons. The van der Waals surface area contributed by atoms with Crippen LogP contribution in [-0.4, -0.2) is 47.6 Å². The number of amides is 2. The van der Waals surface area contributed by atoms with Gasteiger partial charge in [0.1, 0.15) is 0 Å². The number of carbonyl (C=O) groups excluding carboxylic acids is 2. The fourth-order valence-electron chi connectivity index (χ4n) is 3.32. The molecule has 1 aromatic carbocycles. The topological polar surface area (TPSA) is 118 Å². The van der Waals surface area contributed by atoms with Crippen LogP contribution in [0, 0.1) is 11.8 Å². The number of carbonyl (C=O) groups is 3. The zero-order valence-electron chi connectivity index (χ0n) is 15.8. The minimum atomic E-state index is -0.922. The van der Waals surface area contributed by atoms with Gasteiger partial charge in [-0.05, 0) is 49.1 Å². The molecule has 3 N–H and O–H groups in total. The first-order valence-corrected chi connectivity index (χ1v) is 9.45. The maximum absolute atomic E-state index is 12.5. The average Bonchev–Trinajstić information content (AvgIpc) is 2.75. The second kappa shape index (κ2) is 9.79. The van der Waals surface area contributed by atoms with E-state index >= 15 is 0 Å². The summed E-state index contributed by atoms with van der Waals surface area (Å²) in [5.74, 6) is -2.32. The number of hydrogen-bond donors (Lipinski definition) is 3. The van der Waals surface area contributed by atoms with Crippen LogP contribution in [0.15, 0.2) is 48.8 Å². The Labute approximate surface area is 168 Å². The van der Waals surface area contributed by atoms with Crippen molar-refractivity contribution in [3.05, 3.63) is 59.9 Å². The molecule has 1 aliphatic rings. The Morgan fingerprint density at radius 3 is 2.55 bits per heavy atom. The number of rotatable bonds is 7. The number of carboxylic acid groups (broad SMARTS) is 1. The first-order chi connectivity index (χ1) is 14.0. The van der Waals surface area contributed by atoms with Crippen molar-refractivity contribution in [2.75, 3.05) is 25.1 Å². The van der Waals surface area contributed by atoms with Crippen LogP contribution in [0.4, 0.5) is 5.69 Å². The fourth-order valence-corrected chi connectivity index (χ4v) is 3.32. The molecule has 8 nitrogen and oxygen atoms in total. The average molecular weight is 397 g/mol. The van der Waals surface area contributed by atoms with Crippen molar-refractivity contribution in [1.29, 1.82) is 0 Å². The lowest BCUT2D eigenvalue weighted by Gasteiger charge is -2.27. The van der Waals surface area contributed by atoms with E-state index in [0.717, 1.165) is 0 Å². The second-order valence-corrected chi connectivity index (χ2v) is 6.88. The second-order valence-electron chi connectivity index (χ2n) is 6.88. The van der Waals surface area contributed by atoms with E-state index in [0.29, 0.717) is 42.9 Å². The largest absolute Gasteiger partial charge is 0.481 e. The molecule has 2 aromatic rings. The highest BCUT2D eigenvalue weighted by Crippen LogP contribution is 2.24. The molecule has 0 bridgehead atoms. The number of aliphatic carboxylic acids is 1. The Kier molecular flexibility index (Phi) is 6.91. The van der Waals surface area contributed by atoms with Crippen molar-refractivity contribution in [3.63, 3.8) is 0 Å². The highest BCUT2D eigenvalue weighted by molar-refractivity contribution is 6.04. The number of carboxylic acids is 1. The molecule has 1 aliphatic heterocycles. The molecule has 1 fully saturated rings. The van der Waals surface area contributed by atoms with E-state index in [4.69, 9.17) is 4.74 Å². The molecule has 2 amide bonds. The Hall–Kier alpha value is -3.26. The van der Waals surface area contributed by atoms with Gasteiger partial charge in [-0.2, -0.15) is 0 Å². The molecule has 0 aliphatic carbocycles. The van der Waals surface area contributed by atoms with Crippen LogP contribution in [-0.2, 0) is 9.53 Å². The monoisotopic (exact) mass is 397 g/mol. The Balaban J connectivity index is 1.61. The number of pyridine rings is 1. The van der Waals surface area contributed by atoms with Gasteiger partial charge >= 0.3 is 5.97 Å². The SMILES string of the molecule is O=C(NCC(C(=O)O)C1CCOCC1)c1cccc(NC(=O)c2cccnc2)c1. The molecule has 0 spiro atoms. The van der Waals surface area contributed by atoms with E-state index in [2.05, 4.69) is 15.6 Å². The normalized spacial score (nSPS) is 15.3. The highest BCUT2D eigenvalue weighted by atomic mass is 16.5. The van der Waals surface area contributed by atoms with Gasteiger partial charge in [-0.25, -0.2) is 0 Å². The maximum atomic E-state index is 12.5. The molecule has 1 unspecified atom stereocenters. The summed E-state index contributed by atoms with van der Waals surface area (Å²) in [6.45, 7) is 1.13. The molecular weight excluding hydrogens is 374 g/mol. The van der Waals surface area contributed by atoms with E-state index in [1.54, 1.807) is 42.6 Å². The van der Waals surface area contributed by atoms with Gasteiger partial charge in [0.05, 0.1) is 11.5 Å². The molecule has 0 radical (unpaired) electrons. The molecule has 8 heteroatoms. The lowest BCUT2D eigenvalue weighted by molar-refractivity contribution is -0.144. The van der Waals surface area contributed by atoms with Gasteiger partial charge in [0.2, 0.25) is 0 Å². The molecule has 29 heavy (non-hydrogen) atoms. The van der Waals surface area contributed by atoms with Crippen LogP contribution in [0.1, 0.15) is 33.6 Å². The third kappa shape index (κ3) is 5.61. The standard InChI is InChI=1S/C21H23N3O5/c25-19(23-13-18(21(27)28)14-6-9-29-10-7-14)15-3-1-5-17(11-15)24-20(26)16-4-2-8-22-12-16/h1-5,8,11-12,14,18H,6-7,9-10,13H2,(H,23,25)(H,24,26)(H,27,28). The van der Waals surface area contributed by atoms with Gasteiger partial charge in [-0.3, -0.25) is 19.4 Å². The summed E-state index contributed by atoms with van der Waals surface area (Å²) in [6.07, 6.45) is 4.37. The number of hydrogen-bond acceptors (Lipinski definition) is 5. The van der Waals surface area contributed by atoms with Crippen molar-refractivity contribution >= 4 is 23.5 Å². The maximum Gasteiger partial charge on any atom is 0.308 e. The number of aromatic nitrogens is 1. The first kappa shape index (κ1) is 20.5. The number of nitrogens with one attached hydrogen (secondary N) is 2. The highest BCUT2D eigenvalue weighted by Gasteiger charge is 2.30.